The normalized spacial score (nSPS) is 25.2. The molecule has 0 aliphatic carbocycles. The lowest BCUT2D eigenvalue weighted by molar-refractivity contribution is 0.378. The summed E-state index contributed by atoms with van der Waals surface area (Å²) in [5.41, 5.74) is 0. The van der Waals surface area contributed by atoms with Crippen LogP contribution < -0.4 is 5.32 Å². The molecule has 9 heteroatoms. The van der Waals surface area contributed by atoms with E-state index in [0.717, 1.165) is 5.25 Å². The van der Waals surface area contributed by atoms with Gasteiger partial charge in [0, 0.05) is 18.5 Å². The first-order chi connectivity index (χ1) is 7.18. The van der Waals surface area contributed by atoms with Crippen molar-refractivity contribution in [3.05, 3.63) is 0 Å². The Hall–Kier alpha value is 0.650. The van der Waals surface area contributed by atoms with E-state index in [1.165, 1.54) is 25.9 Å². The molecule has 0 amide bonds. The molecule has 0 radical (unpaired) electrons. The van der Waals surface area contributed by atoms with Crippen molar-refractivity contribution in [3.63, 3.8) is 0 Å². The number of hydrogen-bond acceptors (Lipinski definition) is 4. The second kappa shape index (κ2) is 7.17. The van der Waals surface area contributed by atoms with Gasteiger partial charge in [-0.2, -0.15) is 11.8 Å². The highest BCUT2D eigenvalue weighted by Crippen LogP contribution is 2.71. The van der Waals surface area contributed by atoms with Gasteiger partial charge in [0.05, 0.1) is 0 Å². The van der Waals surface area contributed by atoms with Crippen LogP contribution in [0.2, 0.25) is 0 Å². The van der Waals surface area contributed by atoms with Crippen molar-refractivity contribution in [3.8, 4) is 0 Å². The maximum atomic E-state index is 10.0. The average molecular weight is 291 g/mol. The molecule has 0 spiro atoms. The highest BCUT2D eigenvalue weighted by Gasteiger charge is 2.33. The fourth-order valence-electron chi connectivity index (χ4n) is 1.02. The van der Waals surface area contributed by atoms with Crippen LogP contribution in [0, 0.1) is 0 Å². The Kier molecular flexibility index (Phi) is 7.46. The van der Waals surface area contributed by atoms with Gasteiger partial charge in [-0.05, 0) is 25.6 Å². The van der Waals surface area contributed by atoms with Crippen LogP contribution in [0.15, 0.2) is 0 Å². The van der Waals surface area contributed by atoms with Crippen LogP contribution in [-0.2, 0) is 9.13 Å². The zero-order valence-electron chi connectivity index (χ0n) is 9.37. The van der Waals surface area contributed by atoms with E-state index < -0.39 is 14.3 Å². The first-order valence-corrected chi connectivity index (χ1v) is 10.5. The Balaban J connectivity index is 0.000000281. The third-order valence-electron chi connectivity index (χ3n) is 2.07. The summed E-state index contributed by atoms with van der Waals surface area (Å²) in [6, 6.07) is 0. The van der Waals surface area contributed by atoms with Crippen molar-refractivity contribution >= 4 is 26.1 Å². The lowest BCUT2D eigenvalue weighted by Crippen LogP contribution is -2.31. The van der Waals surface area contributed by atoms with Gasteiger partial charge in [0.2, 0.25) is 0 Å². The molecule has 1 rings (SSSR count). The van der Waals surface area contributed by atoms with E-state index in [1.807, 2.05) is 11.8 Å². The Labute approximate surface area is 99.7 Å². The van der Waals surface area contributed by atoms with Gasteiger partial charge in [0.1, 0.15) is 0 Å². The van der Waals surface area contributed by atoms with E-state index in [1.54, 1.807) is 0 Å². The van der Waals surface area contributed by atoms with Gasteiger partial charge in [0.25, 0.3) is 0 Å². The molecule has 1 aliphatic heterocycles. The number of piperidine rings is 1. The predicted octanol–water partition coefficient (Wildman–Crippen LogP) is 1.08. The van der Waals surface area contributed by atoms with Crippen LogP contribution in [-0.4, -0.2) is 45.9 Å². The summed E-state index contributed by atoms with van der Waals surface area (Å²) in [5.74, 6) is 0. The van der Waals surface area contributed by atoms with Crippen LogP contribution >= 0.6 is 26.1 Å². The maximum absolute atomic E-state index is 10.0. The fourth-order valence-corrected chi connectivity index (χ4v) is 1.71. The summed E-state index contributed by atoms with van der Waals surface area (Å²) in [6.45, 7) is 3.08. The predicted molar refractivity (Wildman–Crippen MR) is 67.2 cm³/mol. The molecular formula is C7H19NO5P2S. The molecule has 1 saturated heterocycles. The summed E-state index contributed by atoms with van der Waals surface area (Å²) in [6.07, 6.45) is 4.97. The number of hydrogen-bond donors (Lipinski definition) is 4. The standard InChI is InChI=1S/C6H13NS.CH6O5P2/c1-8-6-3-2-4-7-5-6;1-7(2,3)8(4,5)6/h6-7H,2-5H2,1H3;1H3,(H,2,3)(H2,4,5,6)/t6-;/m0./s1. The first kappa shape index (κ1) is 16.6. The molecule has 6 nitrogen and oxygen atoms in total. The van der Waals surface area contributed by atoms with E-state index in [4.69, 9.17) is 14.7 Å². The molecule has 98 valence electrons. The van der Waals surface area contributed by atoms with Gasteiger partial charge in [-0.25, -0.2) is 4.57 Å². The molecule has 1 unspecified atom stereocenters. The Bertz CT molecular complexity index is 263. The molecular weight excluding hydrogens is 272 g/mol. The number of nitrogens with one attached hydrogen (secondary N) is 1. The second-order valence-electron chi connectivity index (χ2n) is 3.55. The average Bonchev–Trinajstić information content (AvgIpc) is 2.17. The summed E-state index contributed by atoms with van der Waals surface area (Å²) in [4.78, 5) is 24.1. The van der Waals surface area contributed by atoms with Crippen molar-refractivity contribution in [1.82, 2.24) is 5.32 Å². The largest absolute Gasteiger partial charge is 0.407 e. The van der Waals surface area contributed by atoms with Gasteiger partial charge in [-0.3, -0.25) is 4.57 Å². The number of rotatable bonds is 2. The van der Waals surface area contributed by atoms with Crippen LogP contribution in [0.25, 0.3) is 0 Å². The summed E-state index contributed by atoms with van der Waals surface area (Å²) in [7, 11) is -8.92. The molecule has 0 saturated carbocycles. The highest BCUT2D eigenvalue weighted by atomic mass is 32.2. The molecule has 1 heterocycles. The number of thioether (sulfide) groups is 1. The van der Waals surface area contributed by atoms with Crippen molar-refractivity contribution in [2.75, 3.05) is 26.0 Å². The lowest BCUT2D eigenvalue weighted by atomic mass is 10.2. The molecule has 0 aromatic carbocycles. The third kappa shape index (κ3) is 7.07. The zero-order chi connectivity index (χ0) is 12.8. The molecule has 16 heavy (non-hydrogen) atoms. The highest BCUT2D eigenvalue weighted by molar-refractivity contribution is 8.28. The Morgan fingerprint density at radius 2 is 1.81 bits per heavy atom. The smallest absolute Gasteiger partial charge is 0.336 e. The van der Waals surface area contributed by atoms with E-state index in [0.29, 0.717) is 6.66 Å². The second-order valence-corrected chi connectivity index (χ2v) is 11.2. The van der Waals surface area contributed by atoms with Crippen LogP contribution in [0.5, 0.6) is 0 Å². The van der Waals surface area contributed by atoms with Crippen molar-refractivity contribution in [2.45, 2.75) is 18.1 Å². The molecule has 0 aromatic rings. The van der Waals surface area contributed by atoms with Gasteiger partial charge >= 0.3 is 14.3 Å². The molecule has 4 N–H and O–H groups in total. The molecule has 1 fully saturated rings. The fraction of sp³-hybridized carbons (Fsp3) is 1.00. The van der Waals surface area contributed by atoms with Crippen molar-refractivity contribution < 1.29 is 23.8 Å². The Morgan fingerprint density at radius 1 is 1.31 bits per heavy atom. The van der Waals surface area contributed by atoms with Crippen LogP contribution in [0.3, 0.4) is 0 Å². The molecule has 2 atom stereocenters. The minimum Gasteiger partial charge on any atom is -0.336 e. The molecule has 0 bridgehead atoms. The SMILES string of the molecule is CP(=O)(O)P(=O)(O)O.CS[C@H]1CCCNC1. The summed E-state index contributed by atoms with van der Waals surface area (Å²) in [5, 5.41) is 4.26. The summed E-state index contributed by atoms with van der Waals surface area (Å²) < 4.78 is 19.9. The van der Waals surface area contributed by atoms with Gasteiger partial charge in [-0.1, -0.05) is 0 Å². The van der Waals surface area contributed by atoms with Crippen LogP contribution in [0.4, 0.5) is 0 Å². The van der Waals surface area contributed by atoms with Crippen LogP contribution in [0.1, 0.15) is 12.8 Å². The van der Waals surface area contributed by atoms with Gasteiger partial charge < -0.3 is 20.0 Å². The molecule has 0 aromatic heterocycles. The first-order valence-electron chi connectivity index (χ1n) is 4.78. The van der Waals surface area contributed by atoms with Crippen molar-refractivity contribution in [1.29, 1.82) is 0 Å². The van der Waals surface area contributed by atoms with E-state index in [2.05, 4.69) is 11.6 Å². The lowest BCUT2D eigenvalue weighted by Gasteiger charge is -2.19. The topological polar surface area (TPSA) is 107 Å². The van der Waals surface area contributed by atoms with Gasteiger partial charge in [-0.15, -0.1) is 0 Å². The van der Waals surface area contributed by atoms with Crippen molar-refractivity contribution in [2.24, 2.45) is 0 Å². The quantitative estimate of drug-likeness (QED) is 0.564. The molecule has 1 aliphatic rings. The van der Waals surface area contributed by atoms with E-state index >= 15 is 0 Å². The third-order valence-corrected chi connectivity index (χ3v) is 7.00. The van der Waals surface area contributed by atoms with E-state index in [9.17, 15) is 9.13 Å². The summed E-state index contributed by atoms with van der Waals surface area (Å²) >= 11 is 1.98. The van der Waals surface area contributed by atoms with E-state index in [-0.39, 0.29) is 0 Å². The zero-order valence-corrected chi connectivity index (χ0v) is 12.0. The Morgan fingerprint density at radius 3 is 2.00 bits per heavy atom. The maximum Gasteiger partial charge on any atom is 0.407 e. The van der Waals surface area contributed by atoms with Gasteiger partial charge in [0.15, 0.2) is 0 Å². The monoisotopic (exact) mass is 291 g/mol. The minimum absolute atomic E-state index is 0.619. The minimum atomic E-state index is -4.74.